The summed E-state index contributed by atoms with van der Waals surface area (Å²) < 4.78 is 5.34. The molecule has 2 aromatic rings. The molecule has 1 aliphatic heterocycles. The van der Waals surface area contributed by atoms with Crippen molar-refractivity contribution in [3.05, 3.63) is 41.6 Å². The Kier molecular flexibility index (Phi) is 4.34. The first-order valence-electron chi connectivity index (χ1n) is 7.82. The Balaban J connectivity index is 1.65. The molecule has 1 saturated heterocycles. The van der Waals surface area contributed by atoms with Crippen molar-refractivity contribution in [1.29, 1.82) is 0 Å². The smallest absolute Gasteiger partial charge is 0.293 e. The zero-order chi connectivity index (χ0) is 16.4. The van der Waals surface area contributed by atoms with Crippen LogP contribution in [0.3, 0.4) is 0 Å². The van der Waals surface area contributed by atoms with E-state index in [0.29, 0.717) is 11.6 Å². The minimum Gasteiger partial charge on any atom is -0.436 e. The van der Waals surface area contributed by atoms with Gasteiger partial charge in [0.05, 0.1) is 5.69 Å². The highest BCUT2D eigenvalue weighted by atomic mass is 16.4. The van der Waals surface area contributed by atoms with Crippen LogP contribution in [-0.2, 0) is 0 Å². The molecule has 1 N–H and O–H groups in total. The van der Waals surface area contributed by atoms with Gasteiger partial charge in [0, 0.05) is 44.5 Å². The van der Waals surface area contributed by atoms with Gasteiger partial charge in [-0.05, 0) is 38.2 Å². The van der Waals surface area contributed by atoms with Crippen molar-refractivity contribution in [3.8, 4) is 0 Å². The topological polar surface area (TPSA) is 61.6 Å². The van der Waals surface area contributed by atoms with Crippen LogP contribution in [0.15, 0.2) is 28.7 Å². The summed E-state index contributed by atoms with van der Waals surface area (Å²) in [4.78, 5) is 21.0. The van der Waals surface area contributed by atoms with Crippen LogP contribution in [0.5, 0.6) is 0 Å². The number of hydrogen-bond acceptors (Lipinski definition) is 5. The Labute approximate surface area is 136 Å². The molecule has 23 heavy (non-hydrogen) atoms. The normalized spacial score (nSPS) is 15.7. The van der Waals surface area contributed by atoms with E-state index >= 15 is 0 Å². The van der Waals surface area contributed by atoms with Crippen molar-refractivity contribution < 1.29 is 9.21 Å². The first kappa shape index (κ1) is 15.6. The number of aromatic nitrogens is 1. The van der Waals surface area contributed by atoms with Crippen LogP contribution in [0.25, 0.3) is 0 Å². The Morgan fingerprint density at radius 1 is 1.13 bits per heavy atom. The van der Waals surface area contributed by atoms with E-state index in [9.17, 15) is 4.79 Å². The van der Waals surface area contributed by atoms with Crippen LogP contribution in [0.4, 0.5) is 11.4 Å². The van der Waals surface area contributed by atoms with E-state index in [2.05, 4.69) is 27.1 Å². The molecular formula is C17H22N4O2. The number of benzene rings is 1. The molecule has 3 rings (SSSR count). The lowest BCUT2D eigenvalue weighted by atomic mass is 10.2. The van der Waals surface area contributed by atoms with E-state index in [1.54, 1.807) is 13.8 Å². The molecule has 1 fully saturated rings. The molecule has 0 unspecified atom stereocenters. The summed E-state index contributed by atoms with van der Waals surface area (Å²) in [5, 5.41) is 2.85. The summed E-state index contributed by atoms with van der Waals surface area (Å²) in [5.41, 5.74) is 2.54. The van der Waals surface area contributed by atoms with E-state index in [1.807, 2.05) is 24.3 Å². The van der Waals surface area contributed by atoms with Gasteiger partial charge in [0.15, 0.2) is 5.89 Å². The first-order valence-corrected chi connectivity index (χ1v) is 7.82. The number of nitrogens with one attached hydrogen (secondary N) is 1. The molecule has 1 aromatic heterocycles. The van der Waals surface area contributed by atoms with Crippen LogP contribution >= 0.6 is 0 Å². The lowest BCUT2D eigenvalue weighted by Gasteiger charge is -2.34. The minimum absolute atomic E-state index is 0.268. The maximum absolute atomic E-state index is 12.2. The van der Waals surface area contributed by atoms with Crippen molar-refractivity contribution in [3.63, 3.8) is 0 Å². The summed E-state index contributed by atoms with van der Waals surface area (Å²) in [7, 11) is 2.14. The van der Waals surface area contributed by atoms with Gasteiger partial charge in [0.1, 0.15) is 0 Å². The number of hydrogen-bond donors (Lipinski definition) is 1. The van der Waals surface area contributed by atoms with Crippen molar-refractivity contribution in [2.75, 3.05) is 43.4 Å². The molecule has 0 atom stereocenters. The standard InChI is InChI=1S/C17H22N4O2/c1-12-16(23-13(2)18-12)17(22)19-14-4-6-15(7-5-14)21-10-8-20(3)9-11-21/h4-7H,8-11H2,1-3H3,(H,19,22). The summed E-state index contributed by atoms with van der Waals surface area (Å²) >= 11 is 0. The largest absolute Gasteiger partial charge is 0.436 e. The maximum atomic E-state index is 12.2. The molecule has 6 nitrogen and oxygen atoms in total. The fourth-order valence-corrected chi connectivity index (χ4v) is 2.75. The monoisotopic (exact) mass is 314 g/mol. The van der Waals surface area contributed by atoms with Crippen LogP contribution in [0.1, 0.15) is 22.1 Å². The van der Waals surface area contributed by atoms with Crippen LogP contribution < -0.4 is 10.2 Å². The fraction of sp³-hybridized carbons (Fsp3) is 0.412. The number of likely N-dealkylation sites (N-methyl/N-ethyl adjacent to an activating group) is 1. The zero-order valence-corrected chi connectivity index (χ0v) is 13.8. The molecule has 0 spiro atoms. The van der Waals surface area contributed by atoms with Gasteiger partial charge < -0.3 is 19.5 Å². The summed E-state index contributed by atoms with van der Waals surface area (Å²) in [5.74, 6) is 0.499. The van der Waals surface area contributed by atoms with Crippen molar-refractivity contribution in [2.24, 2.45) is 0 Å². The van der Waals surface area contributed by atoms with Gasteiger partial charge in [-0.1, -0.05) is 0 Å². The van der Waals surface area contributed by atoms with Crippen molar-refractivity contribution in [2.45, 2.75) is 13.8 Å². The number of piperazine rings is 1. The average Bonchev–Trinajstić information content (AvgIpc) is 2.88. The number of oxazole rings is 1. The molecule has 1 aromatic carbocycles. The molecule has 0 bridgehead atoms. The van der Waals surface area contributed by atoms with Crippen molar-refractivity contribution in [1.82, 2.24) is 9.88 Å². The second-order valence-corrected chi connectivity index (χ2v) is 5.94. The Bertz CT molecular complexity index is 685. The Morgan fingerprint density at radius 2 is 1.78 bits per heavy atom. The van der Waals surface area contributed by atoms with E-state index < -0.39 is 0 Å². The van der Waals surface area contributed by atoms with Crippen molar-refractivity contribution >= 4 is 17.3 Å². The van der Waals surface area contributed by atoms with Gasteiger partial charge in [-0.15, -0.1) is 0 Å². The van der Waals surface area contributed by atoms with Gasteiger partial charge in [0.25, 0.3) is 5.91 Å². The SMILES string of the molecule is Cc1nc(C)c(C(=O)Nc2ccc(N3CCN(C)CC3)cc2)o1. The highest BCUT2D eigenvalue weighted by Gasteiger charge is 2.17. The van der Waals surface area contributed by atoms with Gasteiger partial charge in [-0.25, -0.2) is 4.98 Å². The van der Waals surface area contributed by atoms with Gasteiger partial charge in [-0.3, -0.25) is 4.79 Å². The second kappa shape index (κ2) is 6.42. The fourth-order valence-electron chi connectivity index (χ4n) is 2.75. The summed E-state index contributed by atoms with van der Waals surface area (Å²) in [6.07, 6.45) is 0. The third-order valence-electron chi connectivity index (χ3n) is 4.10. The highest BCUT2D eigenvalue weighted by molar-refractivity contribution is 6.03. The lowest BCUT2D eigenvalue weighted by molar-refractivity contribution is 0.0994. The van der Waals surface area contributed by atoms with E-state index in [4.69, 9.17) is 4.42 Å². The van der Waals surface area contributed by atoms with Gasteiger partial charge >= 0.3 is 0 Å². The quantitative estimate of drug-likeness (QED) is 0.942. The molecule has 2 heterocycles. The number of anilines is 2. The van der Waals surface area contributed by atoms with E-state index in [0.717, 1.165) is 31.9 Å². The van der Waals surface area contributed by atoms with E-state index in [-0.39, 0.29) is 11.7 Å². The lowest BCUT2D eigenvalue weighted by Crippen LogP contribution is -2.44. The third kappa shape index (κ3) is 3.53. The molecule has 122 valence electrons. The third-order valence-corrected chi connectivity index (χ3v) is 4.10. The summed E-state index contributed by atoms with van der Waals surface area (Å²) in [6, 6.07) is 7.92. The van der Waals surface area contributed by atoms with Crippen LogP contribution in [-0.4, -0.2) is 49.0 Å². The number of aryl methyl sites for hydroxylation is 2. The average molecular weight is 314 g/mol. The molecule has 1 amide bonds. The van der Waals surface area contributed by atoms with Gasteiger partial charge in [-0.2, -0.15) is 0 Å². The predicted octanol–water partition coefficient (Wildman–Crippen LogP) is 2.30. The van der Waals surface area contributed by atoms with Crippen LogP contribution in [0, 0.1) is 13.8 Å². The van der Waals surface area contributed by atoms with Gasteiger partial charge in [0.2, 0.25) is 5.76 Å². The Morgan fingerprint density at radius 3 is 2.35 bits per heavy atom. The maximum Gasteiger partial charge on any atom is 0.293 e. The number of amides is 1. The molecule has 6 heteroatoms. The number of carbonyl (C=O) groups is 1. The molecular weight excluding hydrogens is 292 g/mol. The minimum atomic E-state index is -0.268. The predicted molar refractivity (Wildman–Crippen MR) is 90.1 cm³/mol. The zero-order valence-electron chi connectivity index (χ0n) is 13.8. The first-order chi connectivity index (χ1) is 11.0. The van der Waals surface area contributed by atoms with Crippen LogP contribution in [0.2, 0.25) is 0 Å². The Hall–Kier alpha value is -2.34. The molecule has 0 saturated carbocycles. The number of rotatable bonds is 3. The number of nitrogens with zero attached hydrogens (tertiary/aromatic N) is 3. The molecule has 1 aliphatic rings. The molecule has 0 aliphatic carbocycles. The second-order valence-electron chi connectivity index (χ2n) is 5.94. The highest BCUT2D eigenvalue weighted by Crippen LogP contribution is 2.20. The van der Waals surface area contributed by atoms with E-state index in [1.165, 1.54) is 5.69 Å². The molecule has 0 radical (unpaired) electrons. The summed E-state index contributed by atoms with van der Waals surface area (Å²) in [6.45, 7) is 7.69. The number of carbonyl (C=O) groups excluding carboxylic acids is 1.